The van der Waals surface area contributed by atoms with Crippen LogP contribution in [0.1, 0.15) is 65.7 Å². The maximum Gasteiger partial charge on any atom is 0.407 e. The Balaban J connectivity index is 1.60. The van der Waals surface area contributed by atoms with Crippen molar-refractivity contribution >= 4 is 12.0 Å². The maximum atomic E-state index is 13.4. The highest BCUT2D eigenvalue weighted by molar-refractivity contribution is 5.84. The third-order valence-electron chi connectivity index (χ3n) is 5.37. The van der Waals surface area contributed by atoms with Crippen molar-refractivity contribution in [2.45, 2.75) is 82.9 Å². The monoisotopic (exact) mass is 378 g/mol. The Morgan fingerprint density at radius 1 is 1.15 bits per heavy atom. The van der Waals surface area contributed by atoms with E-state index >= 15 is 0 Å². The molecule has 150 valence electrons. The van der Waals surface area contributed by atoms with Gasteiger partial charge in [-0.25, -0.2) is 9.48 Å². The van der Waals surface area contributed by atoms with Crippen LogP contribution >= 0.6 is 0 Å². The molecule has 9 heteroatoms. The van der Waals surface area contributed by atoms with Gasteiger partial charge in [0.05, 0.1) is 0 Å². The number of hydrogen-bond acceptors (Lipinski definition) is 6. The van der Waals surface area contributed by atoms with E-state index < -0.39 is 17.2 Å². The molecule has 2 fully saturated rings. The van der Waals surface area contributed by atoms with E-state index in [0.717, 1.165) is 44.9 Å². The molecule has 1 saturated carbocycles. The molecule has 1 aromatic heterocycles. The van der Waals surface area contributed by atoms with Crippen molar-refractivity contribution in [3.8, 4) is 0 Å². The van der Waals surface area contributed by atoms with E-state index in [1.54, 1.807) is 11.0 Å². The van der Waals surface area contributed by atoms with Crippen LogP contribution in [0.2, 0.25) is 0 Å². The number of ether oxygens (including phenoxy) is 1. The van der Waals surface area contributed by atoms with Gasteiger partial charge in [0, 0.05) is 19.1 Å². The van der Waals surface area contributed by atoms with Gasteiger partial charge in [-0.2, -0.15) is 0 Å². The first kappa shape index (κ1) is 19.6. The quantitative estimate of drug-likeness (QED) is 0.861. The molecule has 3 rings (SSSR count). The van der Waals surface area contributed by atoms with Gasteiger partial charge in [0.15, 0.2) is 0 Å². The molecule has 0 radical (unpaired) electrons. The summed E-state index contributed by atoms with van der Waals surface area (Å²) in [6.07, 6.45) is 7.28. The number of tetrazole rings is 1. The van der Waals surface area contributed by atoms with Gasteiger partial charge in [0.2, 0.25) is 0 Å². The molecule has 2 aliphatic rings. The minimum Gasteiger partial charge on any atom is -0.444 e. The molecule has 0 spiro atoms. The summed E-state index contributed by atoms with van der Waals surface area (Å²) in [4.78, 5) is 27.2. The molecule has 0 aromatic carbocycles. The van der Waals surface area contributed by atoms with Crippen molar-refractivity contribution in [2.24, 2.45) is 0 Å². The molecule has 9 nitrogen and oxygen atoms in total. The first-order valence-corrected chi connectivity index (χ1v) is 9.82. The fraction of sp³-hybridized carbons (Fsp3) is 0.833. The van der Waals surface area contributed by atoms with Crippen molar-refractivity contribution in [1.29, 1.82) is 0 Å². The number of nitrogens with zero attached hydrogens (tertiary/aromatic N) is 5. The fourth-order valence-electron chi connectivity index (χ4n) is 4.03. The Morgan fingerprint density at radius 2 is 1.81 bits per heavy atom. The van der Waals surface area contributed by atoms with E-state index in [-0.39, 0.29) is 11.9 Å². The van der Waals surface area contributed by atoms with Crippen LogP contribution in [0.25, 0.3) is 0 Å². The van der Waals surface area contributed by atoms with Crippen LogP contribution < -0.4 is 5.32 Å². The van der Waals surface area contributed by atoms with Crippen LogP contribution in [0.5, 0.6) is 0 Å². The number of hydrogen-bond donors (Lipinski definition) is 1. The van der Waals surface area contributed by atoms with Crippen LogP contribution in [0.3, 0.4) is 0 Å². The zero-order valence-electron chi connectivity index (χ0n) is 16.5. The Labute approximate surface area is 159 Å². The number of alkyl carbamates (subject to hydrolysis) is 1. The predicted molar refractivity (Wildman–Crippen MR) is 97.8 cm³/mol. The van der Waals surface area contributed by atoms with Crippen molar-refractivity contribution in [1.82, 2.24) is 30.4 Å². The predicted octanol–water partition coefficient (Wildman–Crippen LogP) is 1.85. The molecule has 2 amide bonds. The van der Waals surface area contributed by atoms with E-state index in [1.165, 1.54) is 0 Å². The summed E-state index contributed by atoms with van der Waals surface area (Å²) in [6.45, 7) is 6.76. The number of rotatable bonds is 3. The number of aromatic nitrogens is 4. The highest BCUT2D eigenvalue weighted by Crippen LogP contribution is 2.36. The number of likely N-dealkylation sites (tertiary alicyclic amines) is 1. The van der Waals surface area contributed by atoms with Crippen LogP contribution in [-0.2, 0) is 15.1 Å². The highest BCUT2D eigenvalue weighted by atomic mass is 16.6. The van der Waals surface area contributed by atoms with Gasteiger partial charge in [0.1, 0.15) is 17.5 Å². The Hall–Kier alpha value is -2.19. The van der Waals surface area contributed by atoms with Crippen molar-refractivity contribution < 1.29 is 14.3 Å². The first-order chi connectivity index (χ1) is 12.8. The lowest BCUT2D eigenvalue weighted by atomic mass is 9.80. The summed E-state index contributed by atoms with van der Waals surface area (Å²) in [7, 11) is 0. The van der Waals surface area contributed by atoms with Crippen molar-refractivity contribution in [3.05, 3.63) is 6.33 Å². The fourth-order valence-corrected chi connectivity index (χ4v) is 4.03. The molecule has 1 saturated heterocycles. The largest absolute Gasteiger partial charge is 0.444 e. The van der Waals surface area contributed by atoms with Crippen molar-refractivity contribution in [3.63, 3.8) is 0 Å². The third-order valence-corrected chi connectivity index (χ3v) is 5.37. The summed E-state index contributed by atoms with van der Waals surface area (Å²) in [5.74, 6) is 0.102. The SMILES string of the molecule is CC(C)(C)OC(=O)NC1CCN(C(=O)C2(n3cnnn3)CCCCC2)CC1. The van der Waals surface area contributed by atoms with Crippen molar-refractivity contribution in [2.75, 3.05) is 13.1 Å². The molecule has 1 aliphatic heterocycles. The normalized spacial score (nSPS) is 20.9. The number of piperidine rings is 1. The first-order valence-electron chi connectivity index (χ1n) is 9.82. The summed E-state index contributed by atoms with van der Waals surface area (Å²) in [5, 5.41) is 14.5. The molecule has 27 heavy (non-hydrogen) atoms. The number of nitrogens with one attached hydrogen (secondary N) is 1. The summed E-state index contributed by atoms with van der Waals surface area (Å²) in [6, 6.07) is 0.0271. The third kappa shape index (κ3) is 4.56. The molecule has 1 aromatic rings. The number of amides is 2. The summed E-state index contributed by atoms with van der Waals surface area (Å²) in [5.41, 5.74) is -1.17. The Kier molecular flexibility index (Phi) is 5.67. The zero-order chi connectivity index (χ0) is 19.5. The maximum absolute atomic E-state index is 13.4. The lowest BCUT2D eigenvalue weighted by Gasteiger charge is -2.41. The second-order valence-corrected chi connectivity index (χ2v) is 8.56. The minimum atomic E-state index is -0.660. The van der Waals surface area contributed by atoms with Gasteiger partial charge in [-0.15, -0.1) is 5.10 Å². The highest BCUT2D eigenvalue weighted by Gasteiger charge is 2.45. The average molecular weight is 378 g/mol. The topological polar surface area (TPSA) is 102 Å². The van der Waals surface area contributed by atoms with Gasteiger partial charge in [0.25, 0.3) is 5.91 Å². The Morgan fingerprint density at radius 3 is 2.37 bits per heavy atom. The minimum absolute atomic E-state index is 0.0271. The molecule has 0 atom stereocenters. The van der Waals surface area contributed by atoms with Crippen LogP contribution in [-0.4, -0.2) is 61.8 Å². The average Bonchev–Trinajstić information content (AvgIpc) is 3.16. The summed E-state index contributed by atoms with van der Waals surface area (Å²) >= 11 is 0. The lowest BCUT2D eigenvalue weighted by molar-refractivity contribution is -0.144. The second-order valence-electron chi connectivity index (χ2n) is 8.56. The van der Waals surface area contributed by atoms with E-state index in [4.69, 9.17) is 4.74 Å². The van der Waals surface area contributed by atoms with E-state index in [1.807, 2.05) is 25.7 Å². The standard InChI is InChI=1S/C18H30N6O3/c1-17(2,3)27-16(26)20-14-7-11-23(12-8-14)15(25)18(9-5-4-6-10-18)24-13-19-21-22-24/h13-14H,4-12H2,1-3H3,(H,20,26). The summed E-state index contributed by atoms with van der Waals surface area (Å²) < 4.78 is 6.97. The van der Waals surface area contributed by atoms with Gasteiger partial charge in [-0.05, 0) is 56.9 Å². The zero-order valence-corrected chi connectivity index (χ0v) is 16.5. The van der Waals surface area contributed by atoms with Gasteiger partial charge in [-0.3, -0.25) is 4.79 Å². The molecule has 0 unspecified atom stereocenters. The molecule has 2 heterocycles. The lowest BCUT2D eigenvalue weighted by Crippen LogP contribution is -2.55. The van der Waals surface area contributed by atoms with E-state index in [9.17, 15) is 9.59 Å². The molecule has 1 aliphatic carbocycles. The van der Waals surface area contributed by atoms with Gasteiger partial charge in [-0.1, -0.05) is 19.3 Å². The van der Waals surface area contributed by atoms with E-state index in [2.05, 4.69) is 20.8 Å². The molecule has 0 bridgehead atoms. The molecular weight excluding hydrogens is 348 g/mol. The van der Waals surface area contributed by atoms with Crippen LogP contribution in [0.4, 0.5) is 4.79 Å². The second kappa shape index (κ2) is 7.82. The Bertz CT molecular complexity index is 641. The van der Waals surface area contributed by atoms with E-state index in [0.29, 0.717) is 13.1 Å². The number of carbonyl (C=O) groups excluding carboxylic acids is 2. The smallest absolute Gasteiger partial charge is 0.407 e. The van der Waals surface area contributed by atoms with Gasteiger partial charge >= 0.3 is 6.09 Å². The van der Waals surface area contributed by atoms with Crippen LogP contribution in [0, 0.1) is 0 Å². The number of carbonyl (C=O) groups is 2. The van der Waals surface area contributed by atoms with Gasteiger partial charge < -0.3 is 15.0 Å². The van der Waals surface area contributed by atoms with Crippen LogP contribution in [0.15, 0.2) is 6.33 Å². The molecule has 1 N–H and O–H groups in total. The molecular formula is C18H30N6O3.